The molecule has 1 heterocycles. The van der Waals surface area contributed by atoms with Crippen LogP contribution in [0.3, 0.4) is 0 Å². The minimum Gasteiger partial charge on any atom is -0.340 e. The van der Waals surface area contributed by atoms with E-state index in [0.29, 0.717) is 12.8 Å². The Labute approximate surface area is 126 Å². The first-order valence-electron chi connectivity index (χ1n) is 7.50. The van der Waals surface area contributed by atoms with Crippen molar-refractivity contribution in [2.75, 3.05) is 18.1 Å². The van der Waals surface area contributed by atoms with Crippen LogP contribution in [0.2, 0.25) is 0 Å². The summed E-state index contributed by atoms with van der Waals surface area (Å²) in [5.41, 5.74) is -1.81. The van der Waals surface area contributed by atoms with Crippen molar-refractivity contribution in [1.29, 1.82) is 0 Å². The van der Waals surface area contributed by atoms with Crippen LogP contribution in [0.25, 0.3) is 0 Å². The van der Waals surface area contributed by atoms with Crippen molar-refractivity contribution in [1.82, 2.24) is 10.2 Å². The highest BCUT2D eigenvalue weighted by Gasteiger charge is 2.56. The van der Waals surface area contributed by atoms with Gasteiger partial charge >= 0.3 is 0 Å². The van der Waals surface area contributed by atoms with E-state index in [1.165, 1.54) is 4.90 Å². The van der Waals surface area contributed by atoms with Crippen LogP contribution >= 0.6 is 0 Å². The van der Waals surface area contributed by atoms with Crippen LogP contribution in [0.15, 0.2) is 0 Å². The van der Waals surface area contributed by atoms with Crippen molar-refractivity contribution in [2.45, 2.75) is 57.5 Å². The zero-order valence-corrected chi connectivity index (χ0v) is 13.8. The Balaban J connectivity index is 2.31. The summed E-state index contributed by atoms with van der Waals surface area (Å²) in [6.45, 7) is 5.02. The fraction of sp³-hybridized carbons (Fsp3) is 0.857. The van der Waals surface area contributed by atoms with Crippen LogP contribution in [-0.4, -0.2) is 54.3 Å². The van der Waals surface area contributed by atoms with Crippen LogP contribution < -0.4 is 5.32 Å². The summed E-state index contributed by atoms with van der Waals surface area (Å²) in [6.07, 6.45) is 3.01. The van der Waals surface area contributed by atoms with E-state index in [1.807, 2.05) is 0 Å². The molecule has 1 N–H and O–H groups in total. The predicted molar refractivity (Wildman–Crippen MR) is 79.5 cm³/mol. The molecular formula is C14H24N2O4S. The lowest BCUT2D eigenvalue weighted by Gasteiger charge is -2.49. The number of piperazine rings is 1. The van der Waals surface area contributed by atoms with E-state index in [-0.39, 0.29) is 29.9 Å². The number of carbonyl (C=O) groups is 2. The fourth-order valence-electron chi connectivity index (χ4n) is 3.26. The Kier molecular flexibility index (Phi) is 4.08. The first-order chi connectivity index (χ1) is 9.65. The lowest BCUT2D eigenvalue weighted by molar-refractivity contribution is -0.161. The van der Waals surface area contributed by atoms with Crippen LogP contribution in [0.4, 0.5) is 0 Å². The monoisotopic (exact) mass is 316 g/mol. The maximum Gasteiger partial charge on any atom is 0.248 e. The van der Waals surface area contributed by atoms with Gasteiger partial charge in [-0.05, 0) is 26.7 Å². The summed E-state index contributed by atoms with van der Waals surface area (Å²) in [4.78, 5) is 26.7. The molecule has 2 rings (SSSR count). The van der Waals surface area contributed by atoms with Crippen molar-refractivity contribution in [2.24, 2.45) is 0 Å². The van der Waals surface area contributed by atoms with Crippen LogP contribution in [0.5, 0.6) is 0 Å². The van der Waals surface area contributed by atoms with Crippen LogP contribution in [-0.2, 0) is 19.4 Å². The highest BCUT2D eigenvalue weighted by molar-refractivity contribution is 7.91. The predicted octanol–water partition coefficient (Wildman–Crippen LogP) is 0.471. The van der Waals surface area contributed by atoms with Gasteiger partial charge in [0, 0.05) is 12.3 Å². The Bertz CT molecular complexity index is 547. The lowest BCUT2D eigenvalue weighted by Crippen LogP contribution is -2.73. The number of nitrogens with one attached hydrogen (secondary N) is 1. The van der Waals surface area contributed by atoms with Crippen molar-refractivity contribution in [3.8, 4) is 0 Å². The minimum absolute atomic E-state index is 0.0532. The first kappa shape index (κ1) is 16.3. The van der Waals surface area contributed by atoms with E-state index in [2.05, 4.69) is 5.32 Å². The topological polar surface area (TPSA) is 83.6 Å². The molecular weight excluding hydrogens is 292 g/mol. The minimum atomic E-state index is -3.17. The molecule has 1 aliphatic heterocycles. The van der Waals surface area contributed by atoms with Gasteiger partial charge in [0.15, 0.2) is 9.84 Å². The Morgan fingerprint density at radius 2 is 1.76 bits per heavy atom. The molecule has 1 aliphatic carbocycles. The molecule has 1 saturated heterocycles. The summed E-state index contributed by atoms with van der Waals surface area (Å²) in [5, 5.41) is 2.80. The van der Waals surface area contributed by atoms with Gasteiger partial charge in [-0.25, -0.2) is 8.42 Å². The van der Waals surface area contributed by atoms with Crippen molar-refractivity contribution in [3.63, 3.8) is 0 Å². The van der Waals surface area contributed by atoms with Crippen molar-refractivity contribution in [3.05, 3.63) is 0 Å². The second kappa shape index (κ2) is 5.26. The van der Waals surface area contributed by atoms with Crippen molar-refractivity contribution < 1.29 is 18.0 Å². The Morgan fingerprint density at radius 1 is 1.19 bits per heavy atom. The van der Waals surface area contributed by atoms with Gasteiger partial charge in [0.1, 0.15) is 11.1 Å². The molecule has 0 atom stereocenters. The number of rotatable bonds is 4. The van der Waals surface area contributed by atoms with Gasteiger partial charge in [-0.3, -0.25) is 9.59 Å². The average molecular weight is 316 g/mol. The number of carbonyl (C=O) groups excluding carboxylic acids is 2. The van der Waals surface area contributed by atoms with E-state index < -0.39 is 20.9 Å². The van der Waals surface area contributed by atoms with Gasteiger partial charge in [-0.1, -0.05) is 19.8 Å². The molecule has 0 aromatic carbocycles. The number of hydrogen-bond acceptors (Lipinski definition) is 4. The number of nitrogens with zero attached hydrogens (tertiary/aromatic N) is 1. The zero-order chi connectivity index (χ0) is 15.9. The van der Waals surface area contributed by atoms with Crippen LogP contribution in [0.1, 0.15) is 46.5 Å². The van der Waals surface area contributed by atoms with E-state index in [4.69, 9.17) is 0 Å². The number of hydrogen-bond donors (Lipinski definition) is 1. The van der Waals surface area contributed by atoms with E-state index >= 15 is 0 Å². The summed E-state index contributed by atoms with van der Waals surface area (Å²) < 4.78 is 23.5. The smallest absolute Gasteiger partial charge is 0.248 e. The lowest BCUT2D eigenvalue weighted by atomic mass is 9.85. The molecule has 1 saturated carbocycles. The quantitative estimate of drug-likeness (QED) is 0.817. The summed E-state index contributed by atoms with van der Waals surface area (Å²) in [6, 6.07) is 0. The van der Waals surface area contributed by atoms with E-state index in [9.17, 15) is 18.0 Å². The second-order valence-electron chi connectivity index (χ2n) is 6.51. The first-order valence-corrected chi connectivity index (χ1v) is 9.32. The van der Waals surface area contributed by atoms with Gasteiger partial charge in [0.25, 0.3) is 0 Å². The summed E-state index contributed by atoms with van der Waals surface area (Å²) in [5.74, 6) is -0.355. The largest absolute Gasteiger partial charge is 0.340 e. The summed E-state index contributed by atoms with van der Waals surface area (Å²) in [7, 11) is -3.17. The van der Waals surface area contributed by atoms with Crippen molar-refractivity contribution >= 4 is 21.7 Å². The average Bonchev–Trinajstić information content (AvgIpc) is 2.87. The zero-order valence-electron chi connectivity index (χ0n) is 12.9. The normalized spacial score (nSPS) is 24.4. The third-order valence-electron chi connectivity index (χ3n) is 4.64. The maximum atomic E-state index is 12.7. The molecule has 0 unspecified atom stereocenters. The maximum absolute atomic E-state index is 12.7. The van der Waals surface area contributed by atoms with E-state index in [1.54, 1.807) is 20.8 Å². The van der Waals surface area contributed by atoms with E-state index in [0.717, 1.165) is 12.8 Å². The molecule has 0 aromatic heterocycles. The second-order valence-corrected chi connectivity index (χ2v) is 8.98. The number of sulfone groups is 1. The molecule has 21 heavy (non-hydrogen) atoms. The van der Waals surface area contributed by atoms with Gasteiger partial charge in [-0.15, -0.1) is 0 Å². The van der Waals surface area contributed by atoms with Gasteiger partial charge in [0.05, 0.1) is 5.75 Å². The number of amides is 2. The molecule has 1 spiro atoms. The molecule has 7 heteroatoms. The standard InChI is InChI=1S/C14H24N2O4S/c1-4-21(19,20)10-9-16-12(18)13(2,3)15-11(17)14(16)7-5-6-8-14/h4-10H2,1-3H3,(H,15,17). The molecule has 0 radical (unpaired) electrons. The third kappa shape index (κ3) is 2.80. The van der Waals surface area contributed by atoms with Crippen LogP contribution in [0, 0.1) is 0 Å². The van der Waals surface area contributed by atoms with Gasteiger partial charge < -0.3 is 10.2 Å². The molecule has 120 valence electrons. The molecule has 2 amide bonds. The Hall–Kier alpha value is -1.11. The molecule has 6 nitrogen and oxygen atoms in total. The molecule has 2 fully saturated rings. The van der Waals surface area contributed by atoms with Gasteiger partial charge in [-0.2, -0.15) is 0 Å². The molecule has 0 aromatic rings. The Morgan fingerprint density at radius 3 is 2.29 bits per heavy atom. The highest BCUT2D eigenvalue weighted by atomic mass is 32.2. The third-order valence-corrected chi connectivity index (χ3v) is 6.33. The summed E-state index contributed by atoms with van der Waals surface area (Å²) >= 11 is 0. The van der Waals surface area contributed by atoms with Gasteiger partial charge in [0.2, 0.25) is 11.8 Å². The fourth-order valence-corrected chi connectivity index (χ4v) is 4.00. The SMILES string of the molecule is CCS(=O)(=O)CCN1C(=O)C(C)(C)NC(=O)C12CCCC2. The highest BCUT2D eigenvalue weighted by Crippen LogP contribution is 2.39. The molecule has 0 bridgehead atoms. The molecule has 2 aliphatic rings.